The quantitative estimate of drug-likeness (QED) is 0.834. The van der Waals surface area contributed by atoms with Crippen molar-refractivity contribution in [2.75, 3.05) is 26.8 Å². The number of carbonyl (C=O) groups is 1. The Labute approximate surface area is 145 Å². The molecular weight excluding hydrogens is 330 g/mol. The Hall–Kier alpha value is -2.40. The fraction of sp³-hybridized carbons (Fsp3) is 0.278. The van der Waals surface area contributed by atoms with Crippen molar-refractivity contribution < 1.29 is 19.0 Å². The molecular formula is C18H18ClNO4. The van der Waals surface area contributed by atoms with Gasteiger partial charge in [-0.25, -0.2) is 0 Å². The van der Waals surface area contributed by atoms with Crippen LogP contribution in [0.25, 0.3) is 0 Å². The van der Waals surface area contributed by atoms with Gasteiger partial charge in [-0.15, -0.1) is 0 Å². The zero-order valence-electron chi connectivity index (χ0n) is 13.3. The molecule has 1 aliphatic heterocycles. The summed E-state index contributed by atoms with van der Waals surface area (Å²) < 4.78 is 16.9. The van der Waals surface area contributed by atoms with Gasteiger partial charge in [0.2, 0.25) is 6.10 Å². The van der Waals surface area contributed by atoms with Gasteiger partial charge < -0.3 is 19.1 Å². The smallest absolute Gasteiger partial charge is 0.267 e. The van der Waals surface area contributed by atoms with Crippen molar-refractivity contribution in [3.8, 4) is 17.2 Å². The van der Waals surface area contributed by atoms with E-state index in [2.05, 4.69) is 0 Å². The van der Waals surface area contributed by atoms with E-state index in [1.54, 1.807) is 30.1 Å². The standard InChI is InChI=1S/C18H18ClNO4/c1-20(10-11-22-14-7-3-2-6-13(14)19)18(21)17-12-23-15-8-4-5-9-16(15)24-17/h2-9,17H,10-12H2,1H3/t17-/m1/s1. The molecule has 0 saturated carbocycles. The van der Waals surface area contributed by atoms with Gasteiger partial charge in [0, 0.05) is 7.05 Å². The van der Waals surface area contributed by atoms with E-state index in [0.29, 0.717) is 35.4 Å². The third-order valence-corrected chi connectivity index (χ3v) is 3.99. The summed E-state index contributed by atoms with van der Waals surface area (Å²) in [6.07, 6.45) is -0.648. The van der Waals surface area contributed by atoms with E-state index in [-0.39, 0.29) is 12.5 Å². The van der Waals surface area contributed by atoms with E-state index in [0.717, 1.165) is 0 Å². The fourth-order valence-electron chi connectivity index (χ4n) is 2.35. The van der Waals surface area contributed by atoms with Gasteiger partial charge in [0.05, 0.1) is 11.6 Å². The molecule has 1 atom stereocenters. The molecule has 24 heavy (non-hydrogen) atoms. The second kappa shape index (κ2) is 7.45. The lowest BCUT2D eigenvalue weighted by Crippen LogP contribution is -2.45. The highest BCUT2D eigenvalue weighted by Gasteiger charge is 2.29. The number of halogens is 1. The van der Waals surface area contributed by atoms with Crippen LogP contribution in [0.2, 0.25) is 5.02 Å². The Morgan fingerprint density at radius 2 is 1.92 bits per heavy atom. The first kappa shape index (κ1) is 16.5. The number of likely N-dealkylation sites (N-methyl/N-ethyl adjacent to an activating group) is 1. The lowest BCUT2D eigenvalue weighted by atomic mass is 10.2. The Morgan fingerprint density at radius 1 is 1.21 bits per heavy atom. The highest BCUT2D eigenvalue weighted by Crippen LogP contribution is 2.31. The van der Waals surface area contributed by atoms with Gasteiger partial charge in [-0.1, -0.05) is 35.9 Å². The minimum Gasteiger partial charge on any atom is -0.490 e. The first-order valence-corrected chi connectivity index (χ1v) is 8.04. The number of hydrogen-bond acceptors (Lipinski definition) is 4. The maximum atomic E-state index is 12.5. The molecule has 0 aromatic heterocycles. The highest BCUT2D eigenvalue weighted by molar-refractivity contribution is 6.32. The maximum absolute atomic E-state index is 12.5. The maximum Gasteiger partial charge on any atom is 0.267 e. The molecule has 2 aromatic rings. The molecule has 0 aliphatic carbocycles. The number of hydrogen-bond donors (Lipinski definition) is 0. The molecule has 1 heterocycles. The zero-order valence-corrected chi connectivity index (χ0v) is 14.0. The van der Waals surface area contributed by atoms with Gasteiger partial charge in [0.25, 0.3) is 5.91 Å². The summed E-state index contributed by atoms with van der Waals surface area (Å²) in [5.41, 5.74) is 0. The molecule has 2 aromatic carbocycles. The largest absolute Gasteiger partial charge is 0.490 e. The van der Waals surface area contributed by atoms with Crippen LogP contribution in [-0.4, -0.2) is 43.7 Å². The lowest BCUT2D eigenvalue weighted by Gasteiger charge is -2.28. The molecule has 0 unspecified atom stereocenters. The summed E-state index contributed by atoms with van der Waals surface area (Å²) >= 11 is 6.03. The second-order valence-corrected chi connectivity index (χ2v) is 5.81. The molecule has 1 amide bonds. The molecule has 0 bridgehead atoms. The van der Waals surface area contributed by atoms with Gasteiger partial charge in [-0.05, 0) is 24.3 Å². The minimum atomic E-state index is -0.648. The van der Waals surface area contributed by atoms with Crippen LogP contribution < -0.4 is 14.2 Å². The van der Waals surface area contributed by atoms with Gasteiger partial charge in [0.1, 0.15) is 19.0 Å². The number of amides is 1. The average Bonchev–Trinajstić information content (AvgIpc) is 2.62. The Bertz CT molecular complexity index is 722. The third-order valence-electron chi connectivity index (χ3n) is 3.68. The van der Waals surface area contributed by atoms with Gasteiger partial charge in [-0.3, -0.25) is 4.79 Å². The van der Waals surface area contributed by atoms with E-state index in [9.17, 15) is 4.79 Å². The Kier molecular flexibility index (Phi) is 5.11. The van der Waals surface area contributed by atoms with Crippen LogP contribution in [-0.2, 0) is 4.79 Å². The molecule has 0 fully saturated rings. The van der Waals surface area contributed by atoms with E-state index in [4.69, 9.17) is 25.8 Å². The number of nitrogens with zero attached hydrogens (tertiary/aromatic N) is 1. The van der Waals surface area contributed by atoms with Crippen LogP contribution in [0.1, 0.15) is 0 Å². The predicted molar refractivity (Wildman–Crippen MR) is 90.9 cm³/mol. The predicted octanol–water partition coefficient (Wildman–Crippen LogP) is 3.02. The van der Waals surface area contributed by atoms with Crippen LogP contribution in [0, 0.1) is 0 Å². The Morgan fingerprint density at radius 3 is 2.71 bits per heavy atom. The van der Waals surface area contributed by atoms with Crippen LogP contribution >= 0.6 is 11.6 Å². The SMILES string of the molecule is CN(CCOc1ccccc1Cl)C(=O)[C@H]1COc2ccccc2O1. The van der Waals surface area contributed by atoms with E-state index in [1.807, 2.05) is 30.3 Å². The van der Waals surface area contributed by atoms with Crippen molar-refractivity contribution >= 4 is 17.5 Å². The highest BCUT2D eigenvalue weighted by atomic mass is 35.5. The van der Waals surface area contributed by atoms with Crippen molar-refractivity contribution in [1.29, 1.82) is 0 Å². The van der Waals surface area contributed by atoms with Crippen molar-refractivity contribution in [3.05, 3.63) is 53.6 Å². The molecule has 0 saturated heterocycles. The minimum absolute atomic E-state index is 0.146. The molecule has 5 nitrogen and oxygen atoms in total. The number of fused-ring (bicyclic) bond motifs is 1. The number of rotatable bonds is 5. The molecule has 3 rings (SSSR count). The second-order valence-electron chi connectivity index (χ2n) is 5.40. The van der Waals surface area contributed by atoms with Crippen molar-refractivity contribution in [3.63, 3.8) is 0 Å². The average molecular weight is 348 g/mol. The summed E-state index contributed by atoms with van der Waals surface area (Å²) in [6, 6.07) is 14.5. The van der Waals surface area contributed by atoms with Crippen molar-refractivity contribution in [2.24, 2.45) is 0 Å². The number of para-hydroxylation sites is 3. The first-order valence-electron chi connectivity index (χ1n) is 7.66. The summed E-state index contributed by atoms with van der Waals surface area (Å²) in [5.74, 6) is 1.70. The molecule has 0 spiro atoms. The molecule has 0 N–H and O–H groups in total. The summed E-state index contributed by atoms with van der Waals surface area (Å²) in [7, 11) is 1.71. The summed E-state index contributed by atoms with van der Waals surface area (Å²) in [4.78, 5) is 14.0. The summed E-state index contributed by atoms with van der Waals surface area (Å²) in [6.45, 7) is 0.966. The van der Waals surface area contributed by atoms with Crippen LogP contribution in [0.4, 0.5) is 0 Å². The Balaban J connectivity index is 1.51. The molecule has 6 heteroatoms. The van der Waals surface area contributed by atoms with Crippen LogP contribution in [0.5, 0.6) is 17.2 Å². The van der Waals surface area contributed by atoms with Crippen LogP contribution in [0.15, 0.2) is 48.5 Å². The number of benzene rings is 2. The van der Waals surface area contributed by atoms with Crippen LogP contribution in [0.3, 0.4) is 0 Å². The zero-order chi connectivity index (χ0) is 16.9. The van der Waals surface area contributed by atoms with Crippen molar-refractivity contribution in [2.45, 2.75) is 6.10 Å². The molecule has 126 valence electrons. The first-order chi connectivity index (χ1) is 11.6. The lowest BCUT2D eigenvalue weighted by molar-refractivity contribution is -0.140. The molecule has 1 aliphatic rings. The summed E-state index contributed by atoms with van der Waals surface area (Å²) in [5, 5.41) is 0.548. The number of ether oxygens (including phenoxy) is 3. The third kappa shape index (κ3) is 3.74. The van der Waals surface area contributed by atoms with Gasteiger partial charge in [0.15, 0.2) is 11.5 Å². The van der Waals surface area contributed by atoms with Gasteiger partial charge >= 0.3 is 0 Å². The number of carbonyl (C=O) groups excluding carboxylic acids is 1. The van der Waals surface area contributed by atoms with E-state index in [1.165, 1.54) is 0 Å². The topological polar surface area (TPSA) is 48.0 Å². The van der Waals surface area contributed by atoms with Crippen molar-refractivity contribution in [1.82, 2.24) is 4.90 Å². The normalized spacial score (nSPS) is 15.7. The molecule has 0 radical (unpaired) electrons. The monoisotopic (exact) mass is 347 g/mol. The van der Waals surface area contributed by atoms with E-state index >= 15 is 0 Å². The van der Waals surface area contributed by atoms with Gasteiger partial charge in [-0.2, -0.15) is 0 Å². The van der Waals surface area contributed by atoms with E-state index < -0.39 is 6.10 Å². The fourth-order valence-corrected chi connectivity index (χ4v) is 2.54.